The molecule has 0 aromatic heterocycles. The summed E-state index contributed by atoms with van der Waals surface area (Å²) in [6.07, 6.45) is 3.65. The van der Waals surface area contributed by atoms with E-state index in [0.29, 0.717) is 30.6 Å². The fourth-order valence-electron chi connectivity index (χ4n) is 3.11. The van der Waals surface area contributed by atoms with E-state index >= 15 is 0 Å². The first-order valence-electron chi connectivity index (χ1n) is 8.62. The summed E-state index contributed by atoms with van der Waals surface area (Å²) in [5, 5.41) is 0. The topological polar surface area (TPSA) is 97.8 Å². The molecule has 9 heteroatoms. The fourth-order valence-corrected chi connectivity index (χ4v) is 4.76. The number of hydrogen-bond donors (Lipinski definition) is 0. The molecule has 0 amide bonds. The van der Waals surface area contributed by atoms with Crippen molar-refractivity contribution in [3.8, 4) is 5.75 Å². The average molecular weight is 424 g/mol. The van der Waals surface area contributed by atoms with Crippen LogP contribution in [0.5, 0.6) is 5.75 Å². The molecule has 0 radical (unpaired) electrons. The number of carbonyl (C=O) groups is 1. The zero-order valence-corrected chi connectivity index (χ0v) is 17.2. The van der Waals surface area contributed by atoms with Crippen LogP contribution in [0.4, 0.5) is 5.69 Å². The van der Waals surface area contributed by atoms with Crippen LogP contribution in [0.3, 0.4) is 0 Å². The summed E-state index contributed by atoms with van der Waals surface area (Å²) in [6.45, 7) is 0.181. The van der Waals surface area contributed by atoms with E-state index in [2.05, 4.69) is 0 Å². The molecule has 7 nitrogen and oxygen atoms in total. The van der Waals surface area contributed by atoms with Crippen LogP contribution in [0.15, 0.2) is 47.4 Å². The maximum Gasteiger partial charge on any atom is 0.232 e. The van der Waals surface area contributed by atoms with E-state index in [1.807, 2.05) is 0 Å². The van der Waals surface area contributed by atoms with Gasteiger partial charge in [0.1, 0.15) is 5.75 Å². The van der Waals surface area contributed by atoms with E-state index in [0.717, 1.165) is 11.8 Å². The van der Waals surface area contributed by atoms with Crippen LogP contribution in [-0.4, -0.2) is 48.3 Å². The lowest BCUT2D eigenvalue weighted by molar-refractivity contribution is 0.0921. The van der Waals surface area contributed by atoms with E-state index in [9.17, 15) is 21.6 Å². The number of aryl methyl sites for hydroxylation is 1. The van der Waals surface area contributed by atoms with Crippen LogP contribution in [0, 0.1) is 0 Å². The smallest absolute Gasteiger partial charge is 0.232 e. The number of Topliss-reactive ketones (excluding diaryl/α,β-unsaturated/α-hetero) is 1. The summed E-state index contributed by atoms with van der Waals surface area (Å²) >= 11 is 0. The molecule has 0 spiro atoms. The minimum atomic E-state index is -3.36. The Bertz CT molecular complexity index is 1120. The molecule has 0 atom stereocenters. The molecule has 0 bridgehead atoms. The Morgan fingerprint density at radius 1 is 1.07 bits per heavy atom. The largest absolute Gasteiger partial charge is 0.485 e. The van der Waals surface area contributed by atoms with Crippen LogP contribution in [0.25, 0.3) is 0 Å². The Morgan fingerprint density at radius 2 is 1.82 bits per heavy atom. The Balaban J connectivity index is 1.76. The number of ketones is 1. The van der Waals surface area contributed by atoms with Crippen molar-refractivity contribution in [2.45, 2.75) is 17.7 Å². The number of anilines is 1. The molecule has 0 unspecified atom stereocenters. The second-order valence-corrected chi connectivity index (χ2v) is 10.7. The quantitative estimate of drug-likeness (QED) is 0.660. The zero-order chi connectivity index (χ0) is 20.5. The predicted molar refractivity (Wildman–Crippen MR) is 106 cm³/mol. The van der Waals surface area contributed by atoms with Gasteiger partial charge in [0.2, 0.25) is 10.0 Å². The Hall–Kier alpha value is -2.39. The van der Waals surface area contributed by atoms with Gasteiger partial charge in [0.25, 0.3) is 0 Å². The van der Waals surface area contributed by atoms with Crippen LogP contribution in [0.1, 0.15) is 22.3 Å². The summed E-state index contributed by atoms with van der Waals surface area (Å²) in [5.74, 6) is 0.0153. The summed E-state index contributed by atoms with van der Waals surface area (Å²) in [4.78, 5) is 12.6. The van der Waals surface area contributed by atoms with Gasteiger partial charge in [-0.1, -0.05) is 6.07 Å². The molecule has 2 aromatic rings. The minimum Gasteiger partial charge on any atom is -0.485 e. The first-order chi connectivity index (χ1) is 13.1. The van der Waals surface area contributed by atoms with Crippen molar-refractivity contribution < 1.29 is 26.4 Å². The monoisotopic (exact) mass is 423 g/mol. The molecule has 1 aliphatic rings. The number of benzene rings is 2. The number of carbonyl (C=O) groups excluding carboxylic acids is 1. The van der Waals surface area contributed by atoms with Crippen LogP contribution >= 0.6 is 0 Å². The lowest BCUT2D eigenvalue weighted by atomic mass is 9.99. The van der Waals surface area contributed by atoms with Gasteiger partial charge in [0.15, 0.2) is 22.2 Å². The van der Waals surface area contributed by atoms with Gasteiger partial charge >= 0.3 is 0 Å². The molecule has 0 aliphatic carbocycles. The van der Waals surface area contributed by atoms with E-state index in [1.54, 1.807) is 30.3 Å². The molecule has 1 heterocycles. The maximum atomic E-state index is 12.5. The molecule has 2 aromatic carbocycles. The van der Waals surface area contributed by atoms with E-state index in [-0.39, 0.29) is 23.0 Å². The van der Waals surface area contributed by atoms with Crippen molar-refractivity contribution in [1.82, 2.24) is 0 Å². The van der Waals surface area contributed by atoms with E-state index < -0.39 is 19.9 Å². The number of hydrogen-bond acceptors (Lipinski definition) is 6. The minimum absolute atomic E-state index is 0.118. The Labute approximate surface area is 164 Å². The Morgan fingerprint density at radius 3 is 2.50 bits per heavy atom. The molecule has 150 valence electrons. The van der Waals surface area contributed by atoms with Crippen molar-refractivity contribution in [1.29, 1.82) is 0 Å². The molecule has 1 aliphatic heterocycles. The predicted octanol–water partition coefficient (Wildman–Crippen LogP) is 2.06. The third-order valence-electron chi connectivity index (χ3n) is 4.48. The van der Waals surface area contributed by atoms with E-state index in [1.165, 1.54) is 22.7 Å². The first-order valence-corrected chi connectivity index (χ1v) is 12.4. The molecular formula is C19H21NO6S2. The highest BCUT2D eigenvalue weighted by atomic mass is 32.2. The summed E-state index contributed by atoms with van der Waals surface area (Å²) in [6, 6.07) is 10.9. The van der Waals surface area contributed by atoms with Crippen molar-refractivity contribution in [3.05, 3.63) is 53.6 Å². The normalized spacial score (nSPS) is 14.4. The number of ether oxygens (including phenoxy) is 1. The van der Waals surface area contributed by atoms with Crippen molar-refractivity contribution in [2.75, 3.05) is 30.0 Å². The van der Waals surface area contributed by atoms with Gasteiger partial charge in [-0.05, 0) is 54.8 Å². The second kappa shape index (κ2) is 7.56. The van der Waals surface area contributed by atoms with Gasteiger partial charge < -0.3 is 4.74 Å². The van der Waals surface area contributed by atoms with Gasteiger partial charge in [-0.2, -0.15) is 0 Å². The third-order valence-corrected chi connectivity index (χ3v) is 6.77. The first kappa shape index (κ1) is 20.3. The van der Waals surface area contributed by atoms with Gasteiger partial charge in [-0.3, -0.25) is 9.10 Å². The van der Waals surface area contributed by atoms with Crippen LogP contribution in [-0.2, 0) is 26.3 Å². The van der Waals surface area contributed by atoms with Gasteiger partial charge in [-0.15, -0.1) is 0 Å². The average Bonchev–Trinajstić information content (AvgIpc) is 2.64. The lowest BCUT2D eigenvalue weighted by Crippen LogP contribution is -2.34. The highest BCUT2D eigenvalue weighted by molar-refractivity contribution is 7.92. The standard InChI is InChI=1S/C19H21NO6S2/c1-27(22,23)17-7-3-6-16(12-17)26-13-19(21)15-8-9-18-14(11-15)5-4-10-20(18)28(2,24)25/h3,6-9,11-12H,4-5,10,13H2,1-2H3. The number of rotatable bonds is 6. The van der Waals surface area contributed by atoms with Crippen LogP contribution in [0.2, 0.25) is 0 Å². The number of sulfone groups is 1. The fraction of sp³-hybridized carbons (Fsp3) is 0.316. The lowest BCUT2D eigenvalue weighted by Gasteiger charge is -2.29. The van der Waals surface area contributed by atoms with Crippen molar-refractivity contribution in [3.63, 3.8) is 0 Å². The summed E-state index contributed by atoms with van der Waals surface area (Å²) < 4.78 is 53.9. The number of nitrogens with zero attached hydrogens (tertiary/aromatic N) is 1. The van der Waals surface area contributed by atoms with Gasteiger partial charge in [-0.25, -0.2) is 16.8 Å². The van der Waals surface area contributed by atoms with E-state index in [4.69, 9.17) is 4.74 Å². The molecule has 0 N–H and O–H groups in total. The van der Waals surface area contributed by atoms with Crippen LogP contribution < -0.4 is 9.04 Å². The van der Waals surface area contributed by atoms with Crippen molar-refractivity contribution >= 4 is 31.3 Å². The second-order valence-electron chi connectivity index (χ2n) is 6.74. The zero-order valence-electron chi connectivity index (χ0n) is 15.6. The molecule has 3 rings (SSSR count). The molecule has 28 heavy (non-hydrogen) atoms. The maximum absolute atomic E-state index is 12.5. The highest BCUT2D eigenvalue weighted by Crippen LogP contribution is 2.30. The number of sulfonamides is 1. The van der Waals surface area contributed by atoms with Crippen molar-refractivity contribution in [2.24, 2.45) is 0 Å². The molecule has 0 saturated heterocycles. The molecule has 0 fully saturated rings. The molecular weight excluding hydrogens is 402 g/mol. The SMILES string of the molecule is CS(=O)(=O)c1cccc(OCC(=O)c2ccc3c(c2)CCCN3S(C)(=O)=O)c1. The number of fused-ring (bicyclic) bond motifs is 1. The summed E-state index contributed by atoms with van der Waals surface area (Å²) in [5.41, 5.74) is 1.84. The summed E-state index contributed by atoms with van der Waals surface area (Å²) in [7, 11) is -6.72. The van der Waals surface area contributed by atoms with Gasteiger partial charge in [0, 0.05) is 18.4 Å². The highest BCUT2D eigenvalue weighted by Gasteiger charge is 2.24. The van der Waals surface area contributed by atoms with Gasteiger partial charge in [0.05, 0.1) is 16.8 Å². The third kappa shape index (κ3) is 4.53. The molecule has 0 saturated carbocycles. The Kier molecular flexibility index (Phi) is 5.49.